The quantitative estimate of drug-likeness (QED) is 0.297. The largest absolute Gasteiger partial charge is 0.461 e. The van der Waals surface area contributed by atoms with Crippen molar-refractivity contribution in [3.8, 4) is 23.0 Å². The van der Waals surface area contributed by atoms with E-state index in [0.717, 1.165) is 41.0 Å². The number of rotatable bonds is 9. The minimum Gasteiger partial charge on any atom is -0.461 e. The summed E-state index contributed by atoms with van der Waals surface area (Å²) in [7, 11) is 0. The van der Waals surface area contributed by atoms with E-state index in [4.69, 9.17) is 8.94 Å². The maximum atomic E-state index is 5.51. The number of nitrogens with zero attached hydrogens (tertiary/aromatic N) is 6. The molecular weight excluding hydrogens is 388 g/mol. The fraction of sp³-hybridized carbons (Fsp3) is 0.350. The van der Waals surface area contributed by atoms with Gasteiger partial charge in [-0.1, -0.05) is 30.8 Å². The van der Waals surface area contributed by atoms with Gasteiger partial charge < -0.3 is 8.94 Å². The number of thioether (sulfide) groups is 1. The topological polar surface area (TPSA) is 95.7 Å². The van der Waals surface area contributed by atoms with E-state index in [1.807, 2.05) is 24.3 Å². The van der Waals surface area contributed by atoms with Crippen molar-refractivity contribution in [2.75, 3.05) is 5.75 Å². The van der Waals surface area contributed by atoms with Gasteiger partial charge in [0.05, 0.1) is 6.26 Å². The molecule has 0 aromatic carbocycles. The average Bonchev–Trinajstić information content (AvgIpc) is 3.47. The van der Waals surface area contributed by atoms with Crippen LogP contribution in [0.4, 0.5) is 0 Å². The van der Waals surface area contributed by atoms with Gasteiger partial charge in [-0.05, 0) is 36.6 Å². The lowest BCUT2D eigenvalue weighted by Crippen LogP contribution is -2.07. The SMILES string of the molecule is CC(C)Cn1c(SCCCc2nc(-c3ccncc3)no2)nnc1-c1ccco1. The molecule has 0 bridgehead atoms. The minimum atomic E-state index is 0.476. The normalized spacial score (nSPS) is 11.4. The first-order valence-electron chi connectivity index (χ1n) is 9.53. The summed E-state index contributed by atoms with van der Waals surface area (Å²) in [5, 5.41) is 13.7. The summed E-state index contributed by atoms with van der Waals surface area (Å²) in [5.74, 6) is 4.09. The molecule has 0 saturated heterocycles. The van der Waals surface area contributed by atoms with E-state index in [2.05, 4.69) is 43.7 Å². The highest BCUT2D eigenvalue weighted by atomic mass is 32.2. The van der Waals surface area contributed by atoms with Gasteiger partial charge in [-0.2, -0.15) is 4.98 Å². The van der Waals surface area contributed by atoms with E-state index in [1.54, 1.807) is 30.4 Å². The van der Waals surface area contributed by atoms with Gasteiger partial charge >= 0.3 is 0 Å². The Balaban J connectivity index is 1.36. The summed E-state index contributed by atoms with van der Waals surface area (Å²) in [6, 6.07) is 7.50. The Labute approximate surface area is 172 Å². The van der Waals surface area contributed by atoms with Crippen molar-refractivity contribution in [2.24, 2.45) is 5.92 Å². The fourth-order valence-electron chi connectivity index (χ4n) is 2.87. The van der Waals surface area contributed by atoms with E-state index in [-0.39, 0.29) is 0 Å². The highest BCUT2D eigenvalue weighted by molar-refractivity contribution is 7.99. The molecular formula is C20H22N6O2S. The standard InChI is InChI=1S/C20H22N6O2S/c1-14(2)13-26-19(16-5-3-11-27-16)23-24-20(26)29-12-4-6-17-22-18(25-28-17)15-7-9-21-10-8-15/h3,5,7-11,14H,4,6,12-13H2,1-2H3. The molecule has 0 aliphatic carbocycles. The van der Waals surface area contributed by atoms with Crippen molar-refractivity contribution in [1.29, 1.82) is 0 Å². The molecule has 4 aromatic heterocycles. The molecule has 4 aromatic rings. The maximum absolute atomic E-state index is 5.51. The zero-order valence-corrected chi connectivity index (χ0v) is 17.2. The third kappa shape index (κ3) is 4.73. The molecule has 9 heteroatoms. The van der Waals surface area contributed by atoms with Crippen LogP contribution in [0.1, 0.15) is 26.2 Å². The summed E-state index contributed by atoms with van der Waals surface area (Å²) in [6.45, 7) is 5.19. The van der Waals surface area contributed by atoms with E-state index in [1.165, 1.54) is 0 Å². The number of pyridine rings is 1. The molecule has 29 heavy (non-hydrogen) atoms. The van der Waals surface area contributed by atoms with Gasteiger partial charge in [0, 0.05) is 36.7 Å². The molecule has 150 valence electrons. The van der Waals surface area contributed by atoms with Crippen molar-refractivity contribution in [3.63, 3.8) is 0 Å². The minimum absolute atomic E-state index is 0.476. The number of aromatic nitrogens is 6. The summed E-state index contributed by atoms with van der Waals surface area (Å²) in [4.78, 5) is 8.46. The van der Waals surface area contributed by atoms with Crippen molar-refractivity contribution >= 4 is 11.8 Å². The third-order valence-corrected chi connectivity index (χ3v) is 5.23. The van der Waals surface area contributed by atoms with Crippen LogP contribution < -0.4 is 0 Å². The van der Waals surface area contributed by atoms with Gasteiger partial charge in [0.25, 0.3) is 0 Å². The van der Waals surface area contributed by atoms with E-state index < -0.39 is 0 Å². The molecule has 8 nitrogen and oxygen atoms in total. The van der Waals surface area contributed by atoms with Crippen LogP contribution in [-0.2, 0) is 13.0 Å². The lowest BCUT2D eigenvalue weighted by molar-refractivity contribution is 0.378. The number of hydrogen-bond donors (Lipinski definition) is 0. The van der Waals surface area contributed by atoms with Gasteiger partial charge in [0.2, 0.25) is 11.7 Å². The van der Waals surface area contributed by atoms with E-state index in [0.29, 0.717) is 24.1 Å². The van der Waals surface area contributed by atoms with Crippen LogP contribution in [0.5, 0.6) is 0 Å². The van der Waals surface area contributed by atoms with Crippen molar-refractivity contribution in [3.05, 3.63) is 48.8 Å². The summed E-state index contributed by atoms with van der Waals surface area (Å²) < 4.78 is 13.0. The first kappa shape index (κ1) is 19.4. The van der Waals surface area contributed by atoms with Crippen LogP contribution in [0.2, 0.25) is 0 Å². The summed E-state index contributed by atoms with van der Waals surface area (Å²) in [6.07, 6.45) is 6.70. The fourth-order valence-corrected chi connectivity index (χ4v) is 3.76. The Bertz CT molecular complexity index is 1030. The zero-order chi connectivity index (χ0) is 20.1. The smallest absolute Gasteiger partial charge is 0.226 e. The predicted molar refractivity (Wildman–Crippen MR) is 109 cm³/mol. The lowest BCUT2D eigenvalue weighted by atomic mass is 10.2. The van der Waals surface area contributed by atoms with Crippen molar-refractivity contribution < 1.29 is 8.94 Å². The van der Waals surface area contributed by atoms with Gasteiger partial charge in [-0.15, -0.1) is 10.2 Å². The van der Waals surface area contributed by atoms with Crippen LogP contribution in [0.15, 0.2) is 57.0 Å². The summed E-state index contributed by atoms with van der Waals surface area (Å²) >= 11 is 1.68. The molecule has 0 aliphatic rings. The van der Waals surface area contributed by atoms with Gasteiger partial charge in [0.1, 0.15) is 0 Å². The Morgan fingerprint density at radius 1 is 1.14 bits per heavy atom. The molecule has 0 spiro atoms. The molecule has 0 radical (unpaired) electrons. The van der Waals surface area contributed by atoms with Gasteiger partial charge in [-0.3, -0.25) is 9.55 Å². The number of hydrogen-bond acceptors (Lipinski definition) is 8. The monoisotopic (exact) mass is 410 g/mol. The highest BCUT2D eigenvalue weighted by Crippen LogP contribution is 2.26. The second-order valence-corrected chi connectivity index (χ2v) is 8.05. The van der Waals surface area contributed by atoms with Gasteiger partial charge in [-0.25, -0.2) is 0 Å². The highest BCUT2D eigenvalue weighted by Gasteiger charge is 2.17. The predicted octanol–water partition coefficient (Wildman–Crippen LogP) is 4.36. The second-order valence-electron chi connectivity index (χ2n) is 6.99. The molecule has 0 unspecified atom stereocenters. The van der Waals surface area contributed by atoms with Crippen LogP contribution in [-0.4, -0.2) is 35.6 Å². The number of furan rings is 1. The molecule has 0 fully saturated rings. The molecule has 0 saturated carbocycles. The van der Waals surface area contributed by atoms with Crippen LogP contribution in [0.3, 0.4) is 0 Å². The molecule has 4 heterocycles. The molecule has 0 aliphatic heterocycles. The Hall–Kier alpha value is -2.94. The third-order valence-electron chi connectivity index (χ3n) is 4.18. The van der Waals surface area contributed by atoms with Crippen LogP contribution >= 0.6 is 11.8 Å². The Morgan fingerprint density at radius 2 is 2.00 bits per heavy atom. The van der Waals surface area contributed by atoms with Crippen LogP contribution in [0.25, 0.3) is 23.0 Å². The Morgan fingerprint density at radius 3 is 2.76 bits per heavy atom. The number of aryl methyl sites for hydroxylation is 1. The molecule has 0 N–H and O–H groups in total. The maximum Gasteiger partial charge on any atom is 0.226 e. The zero-order valence-electron chi connectivity index (χ0n) is 16.4. The van der Waals surface area contributed by atoms with Crippen LogP contribution in [0, 0.1) is 5.92 Å². The first-order valence-corrected chi connectivity index (χ1v) is 10.5. The average molecular weight is 411 g/mol. The first-order chi connectivity index (χ1) is 14.2. The van der Waals surface area contributed by atoms with E-state index in [9.17, 15) is 0 Å². The molecule has 0 amide bonds. The second kappa shape index (κ2) is 9.04. The Kier molecular flexibility index (Phi) is 6.04. The molecule has 4 rings (SSSR count). The van der Waals surface area contributed by atoms with Gasteiger partial charge in [0.15, 0.2) is 16.7 Å². The summed E-state index contributed by atoms with van der Waals surface area (Å²) in [5.41, 5.74) is 0.900. The molecule has 0 atom stereocenters. The van der Waals surface area contributed by atoms with E-state index >= 15 is 0 Å². The van der Waals surface area contributed by atoms with Crippen molar-refractivity contribution in [2.45, 2.75) is 38.4 Å². The lowest BCUT2D eigenvalue weighted by Gasteiger charge is -2.11. The van der Waals surface area contributed by atoms with Crippen molar-refractivity contribution in [1.82, 2.24) is 29.9 Å².